The third-order valence-electron chi connectivity index (χ3n) is 4.76. The van der Waals surface area contributed by atoms with Gasteiger partial charge in [-0.15, -0.1) is 0 Å². The number of benzene rings is 3. The molecule has 172 valence electrons. The Bertz CT molecular complexity index is 1280. The van der Waals surface area contributed by atoms with Crippen LogP contribution in [0.3, 0.4) is 0 Å². The molecule has 4 rings (SSSR count). The Balaban J connectivity index is 1.36. The monoisotopic (exact) mass is 513 g/mol. The molecule has 3 aromatic carbocycles. The van der Waals surface area contributed by atoms with Crippen molar-refractivity contribution in [1.82, 2.24) is 4.90 Å². The third kappa shape index (κ3) is 5.62. The summed E-state index contributed by atoms with van der Waals surface area (Å²) in [6.45, 7) is 0.227. The quantitative estimate of drug-likeness (QED) is 0.209. The predicted molar refractivity (Wildman–Crippen MR) is 132 cm³/mol. The van der Waals surface area contributed by atoms with Crippen molar-refractivity contribution >= 4 is 58.2 Å². The first kappa shape index (κ1) is 23.9. The number of thioether (sulfide) groups is 1. The van der Waals surface area contributed by atoms with Crippen LogP contribution < -0.4 is 9.47 Å². The Morgan fingerprint density at radius 2 is 1.59 bits per heavy atom. The predicted octanol–water partition coefficient (Wildman–Crippen LogP) is 6.33. The Labute approximate surface area is 210 Å². The van der Waals surface area contributed by atoms with Crippen molar-refractivity contribution in [2.45, 2.75) is 0 Å². The van der Waals surface area contributed by atoms with Crippen LogP contribution in [0.15, 0.2) is 77.7 Å². The van der Waals surface area contributed by atoms with Gasteiger partial charge in [0.05, 0.1) is 27.1 Å². The first-order valence-corrected chi connectivity index (χ1v) is 11.7. The van der Waals surface area contributed by atoms with Crippen LogP contribution >= 0.6 is 35.0 Å². The van der Waals surface area contributed by atoms with Crippen molar-refractivity contribution < 1.29 is 23.9 Å². The van der Waals surface area contributed by atoms with Crippen LogP contribution in [0.1, 0.15) is 15.9 Å². The molecule has 0 aliphatic carbocycles. The van der Waals surface area contributed by atoms with Gasteiger partial charge in [-0.05, 0) is 59.8 Å². The average Bonchev–Trinajstić information content (AvgIpc) is 3.09. The zero-order chi connectivity index (χ0) is 24.1. The summed E-state index contributed by atoms with van der Waals surface area (Å²) in [5.74, 6) is -0.153. The van der Waals surface area contributed by atoms with Crippen molar-refractivity contribution in [3.8, 4) is 11.5 Å². The Morgan fingerprint density at radius 3 is 2.29 bits per heavy atom. The smallest absolute Gasteiger partial charge is 0.345 e. The van der Waals surface area contributed by atoms with Crippen LogP contribution in [0.25, 0.3) is 6.08 Å². The number of hydrogen-bond acceptors (Lipinski definition) is 6. The third-order valence-corrected chi connectivity index (χ3v) is 6.31. The molecule has 1 saturated heterocycles. The van der Waals surface area contributed by atoms with Crippen LogP contribution in [0.2, 0.25) is 10.0 Å². The number of rotatable bonds is 7. The lowest BCUT2D eigenvalue weighted by Crippen LogP contribution is -2.32. The Kier molecular flexibility index (Phi) is 7.57. The minimum absolute atomic E-state index is 0.101. The highest BCUT2D eigenvalue weighted by Crippen LogP contribution is 2.32. The van der Waals surface area contributed by atoms with Gasteiger partial charge in [0.1, 0.15) is 18.1 Å². The van der Waals surface area contributed by atoms with Gasteiger partial charge in [-0.25, -0.2) is 4.79 Å². The second-order valence-electron chi connectivity index (χ2n) is 7.05. The number of halogens is 2. The molecule has 0 N–H and O–H groups in total. The van der Waals surface area contributed by atoms with Crippen molar-refractivity contribution in [2.75, 3.05) is 13.2 Å². The van der Waals surface area contributed by atoms with E-state index in [9.17, 15) is 14.4 Å². The number of carbonyl (C=O) groups is 3. The molecule has 0 saturated carbocycles. The zero-order valence-corrected chi connectivity index (χ0v) is 19.9. The van der Waals surface area contributed by atoms with E-state index < -0.39 is 11.9 Å². The molecule has 0 unspecified atom stereocenters. The van der Waals surface area contributed by atoms with E-state index >= 15 is 0 Å². The van der Waals surface area contributed by atoms with Crippen molar-refractivity contribution in [3.05, 3.63) is 98.9 Å². The zero-order valence-electron chi connectivity index (χ0n) is 17.6. The topological polar surface area (TPSA) is 72.9 Å². The van der Waals surface area contributed by atoms with Crippen molar-refractivity contribution in [3.63, 3.8) is 0 Å². The number of amides is 2. The highest BCUT2D eigenvalue weighted by molar-refractivity contribution is 8.18. The van der Waals surface area contributed by atoms with E-state index in [1.54, 1.807) is 78.9 Å². The normalized spacial score (nSPS) is 14.5. The van der Waals surface area contributed by atoms with Crippen LogP contribution in [-0.4, -0.2) is 35.2 Å². The standard InChI is InChI=1S/C25H17Cl2NO5S/c26-19-6-2-1-5-18(19)24(30)33-17-11-9-16(10-12-17)15-22-23(29)28(25(31)34-22)13-14-32-21-8-4-3-7-20(21)27/h1-12,15H,13-14H2/b22-15-. The molecular formula is C25H17Cl2NO5S. The second kappa shape index (κ2) is 10.8. The highest BCUT2D eigenvalue weighted by Gasteiger charge is 2.34. The van der Waals surface area contributed by atoms with E-state index in [1.807, 2.05) is 0 Å². The summed E-state index contributed by atoms with van der Waals surface area (Å²) in [4.78, 5) is 38.7. The molecule has 3 aromatic rings. The lowest BCUT2D eigenvalue weighted by molar-refractivity contribution is -0.123. The SMILES string of the molecule is O=C(Oc1ccc(/C=C2\SC(=O)N(CCOc3ccccc3Cl)C2=O)cc1)c1ccccc1Cl. The van der Waals surface area contributed by atoms with Crippen molar-refractivity contribution in [1.29, 1.82) is 0 Å². The number of hydrogen-bond donors (Lipinski definition) is 0. The van der Waals surface area contributed by atoms with Crippen LogP contribution in [-0.2, 0) is 4.79 Å². The minimum Gasteiger partial charge on any atom is -0.490 e. The Hall–Kier alpha value is -3.26. The minimum atomic E-state index is -0.571. The molecule has 0 atom stereocenters. The Morgan fingerprint density at radius 1 is 0.912 bits per heavy atom. The molecule has 0 aromatic heterocycles. The number of esters is 1. The number of ether oxygens (including phenoxy) is 2. The average molecular weight is 514 g/mol. The van der Waals surface area contributed by atoms with Crippen LogP contribution in [0, 0.1) is 0 Å². The second-order valence-corrected chi connectivity index (χ2v) is 8.86. The molecule has 1 aliphatic heterocycles. The van der Waals surface area contributed by atoms with Gasteiger partial charge in [0, 0.05) is 0 Å². The van der Waals surface area contributed by atoms with Crippen molar-refractivity contribution in [2.24, 2.45) is 0 Å². The maximum Gasteiger partial charge on any atom is 0.345 e. The van der Waals surface area contributed by atoms with Gasteiger partial charge >= 0.3 is 5.97 Å². The molecule has 9 heteroatoms. The maximum absolute atomic E-state index is 12.7. The van der Waals surface area contributed by atoms with Gasteiger partial charge in [0.2, 0.25) is 0 Å². The summed E-state index contributed by atoms with van der Waals surface area (Å²) >= 11 is 12.9. The van der Waals surface area contributed by atoms with Crippen LogP contribution in [0.5, 0.6) is 11.5 Å². The van der Waals surface area contributed by atoms with Gasteiger partial charge in [-0.1, -0.05) is 59.6 Å². The molecular weight excluding hydrogens is 497 g/mol. The number of para-hydroxylation sites is 1. The molecule has 0 radical (unpaired) electrons. The van der Waals surface area contributed by atoms with E-state index in [4.69, 9.17) is 32.7 Å². The maximum atomic E-state index is 12.7. The van der Waals surface area contributed by atoms with Gasteiger partial charge in [-0.2, -0.15) is 0 Å². The highest BCUT2D eigenvalue weighted by atomic mass is 35.5. The first-order valence-electron chi connectivity index (χ1n) is 10.1. The summed E-state index contributed by atoms with van der Waals surface area (Å²) in [5.41, 5.74) is 0.941. The fraction of sp³-hybridized carbons (Fsp3) is 0.0800. The molecule has 1 heterocycles. The molecule has 0 spiro atoms. The number of carbonyl (C=O) groups excluding carboxylic acids is 3. The molecule has 2 amide bonds. The fourth-order valence-corrected chi connectivity index (χ4v) is 4.34. The largest absolute Gasteiger partial charge is 0.490 e. The summed E-state index contributed by atoms with van der Waals surface area (Å²) in [6.07, 6.45) is 1.61. The first-order chi connectivity index (χ1) is 16.4. The van der Waals surface area contributed by atoms with Gasteiger partial charge < -0.3 is 9.47 Å². The summed E-state index contributed by atoms with van der Waals surface area (Å²) in [6, 6.07) is 20.2. The van der Waals surface area contributed by atoms with Gasteiger partial charge in [0.15, 0.2) is 0 Å². The molecule has 1 aliphatic rings. The fourth-order valence-electron chi connectivity index (χ4n) is 3.07. The van der Waals surface area contributed by atoms with Gasteiger partial charge in [0.25, 0.3) is 11.1 Å². The van der Waals surface area contributed by atoms with Crippen LogP contribution in [0.4, 0.5) is 4.79 Å². The lowest BCUT2D eigenvalue weighted by Gasteiger charge is -2.13. The number of nitrogens with zero attached hydrogens (tertiary/aromatic N) is 1. The van der Waals surface area contributed by atoms with E-state index in [0.29, 0.717) is 32.0 Å². The summed E-state index contributed by atoms with van der Waals surface area (Å²) in [7, 11) is 0. The summed E-state index contributed by atoms with van der Waals surface area (Å²) in [5, 5.41) is 0.388. The molecule has 34 heavy (non-hydrogen) atoms. The molecule has 6 nitrogen and oxygen atoms in total. The van der Waals surface area contributed by atoms with E-state index in [0.717, 1.165) is 16.7 Å². The summed E-state index contributed by atoms with van der Waals surface area (Å²) < 4.78 is 10.9. The van der Waals surface area contributed by atoms with E-state index in [-0.39, 0.29) is 24.0 Å². The van der Waals surface area contributed by atoms with E-state index in [1.165, 1.54) is 0 Å². The lowest BCUT2D eigenvalue weighted by atomic mass is 10.2. The van der Waals surface area contributed by atoms with Gasteiger partial charge in [-0.3, -0.25) is 14.5 Å². The number of imide groups is 1. The molecule has 1 fully saturated rings. The molecule has 0 bridgehead atoms. The van der Waals surface area contributed by atoms with E-state index in [2.05, 4.69) is 0 Å².